The molecule has 0 amide bonds. The highest BCUT2D eigenvalue weighted by molar-refractivity contribution is 7.89. The van der Waals surface area contributed by atoms with Crippen molar-refractivity contribution in [3.05, 3.63) is 12.5 Å². The van der Waals surface area contributed by atoms with Crippen LogP contribution in [0.4, 0.5) is 0 Å². The maximum Gasteiger partial charge on any atom is 0.262 e. The molecule has 2 atom stereocenters. The lowest BCUT2D eigenvalue weighted by Crippen LogP contribution is -2.39. The minimum Gasteiger partial charge on any atom is -0.336 e. The van der Waals surface area contributed by atoms with Gasteiger partial charge in [0.15, 0.2) is 5.03 Å². The Morgan fingerprint density at radius 2 is 2.10 bits per heavy atom. The lowest BCUT2D eigenvalue weighted by atomic mass is 10.1. The first-order valence-corrected chi connectivity index (χ1v) is 9.17. The molecule has 0 aliphatic carbocycles. The van der Waals surface area contributed by atoms with Gasteiger partial charge < -0.3 is 9.88 Å². The zero-order valence-corrected chi connectivity index (χ0v) is 13.5. The monoisotopic (exact) mass is 312 g/mol. The minimum absolute atomic E-state index is 0.181. The molecular weight excluding hydrogens is 288 g/mol. The van der Waals surface area contributed by atoms with Crippen LogP contribution in [-0.4, -0.2) is 47.4 Å². The minimum atomic E-state index is -3.46. The summed E-state index contributed by atoms with van der Waals surface area (Å²) in [6, 6.07) is 0.777. The van der Waals surface area contributed by atoms with Crippen LogP contribution in [0.2, 0.25) is 0 Å². The second-order valence-corrected chi connectivity index (χ2v) is 8.48. The third kappa shape index (κ3) is 3.14. The van der Waals surface area contributed by atoms with Crippen molar-refractivity contribution in [2.45, 2.75) is 56.8 Å². The van der Waals surface area contributed by atoms with E-state index in [2.05, 4.69) is 24.1 Å². The maximum absolute atomic E-state index is 12.7. The van der Waals surface area contributed by atoms with Crippen molar-refractivity contribution in [1.82, 2.24) is 19.2 Å². The fraction of sp³-hybridized carbons (Fsp3) is 0.786. The largest absolute Gasteiger partial charge is 0.336 e. The van der Waals surface area contributed by atoms with E-state index in [1.165, 1.54) is 6.42 Å². The first kappa shape index (κ1) is 15.0. The molecule has 2 unspecified atom stereocenters. The van der Waals surface area contributed by atoms with Crippen molar-refractivity contribution < 1.29 is 8.42 Å². The van der Waals surface area contributed by atoms with Gasteiger partial charge in [-0.15, -0.1) is 0 Å². The van der Waals surface area contributed by atoms with Crippen molar-refractivity contribution in [2.24, 2.45) is 5.92 Å². The molecule has 3 rings (SSSR count). The molecule has 1 N–H and O–H groups in total. The van der Waals surface area contributed by atoms with Gasteiger partial charge in [0.1, 0.15) is 0 Å². The smallest absolute Gasteiger partial charge is 0.262 e. The molecule has 1 aromatic rings. The number of fused-ring (bicyclic) bond motifs is 2. The van der Waals surface area contributed by atoms with E-state index in [9.17, 15) is 8.42 Å². The third-order valence-electron chi connectivity index (χ3n) is 4.28. The summed E-state index contributed by atoms with van der Waals surface area (Å²) < 4.78 is 28.9. The molecule has 118 valence electrons. The van der Waals surface area contributed by atoms with Crippen molar-refractivity contribution in [3.8, 4) is 0 Å². The first-order chi connectivity index (χ1) is 9.95. The number of hydrogen-bond acceptors (Lipinski definition) is 4. The van der Waals surface area contributed by atoms with Gasteiger partial charge in [-0.05, 0) is 25.2 Å². The maximum atomic E-state index is 12.7. The molecule has 2 saturated heterocycles. The Morgan fingerprint density at radius 3 is 2.86 bits per heavy atom. The van der Waals surface area contributed by atoms with Crippen LogP contribution in [0.5, 0.6) is 0 Å². The molecule has 2 aliphatic heterocycles. The second kappa shape index (κ2) is 5.70. The third-order valence-corrected chi connectivity index (χ3v) is 6.03. The first-order valence-electron chi connectivity index (χ1n) is 7.73. The van der Waals surface area contributed by atoms with E-state index >= 15 is 0 Å². The van der Waals surface area contributed by atoms with Gasteiger partial charge in [-0.1, -0.05) is 13.8 Å². The van der Waals surface area contributed by atoms with Gasteiger partial charge in [0.2, 0.25) is 0 Å². The molecule has 21 heavy (non-hydrogen) atoms. The standard InChI is InChI=1S/C14H24N4O2S/c1-11(2)7-17-9-14(15-10-17)21(19,20)18-6-5-12-3-4-13(8-18)16-12/h9-13,16H,3-8H2,1-2H3. The molecule has 2 fully saturated rings. The molecule has 0 spiro atoms. The molecule has 2 bridgehead atoms. The van der Waals surface area contributed by atoms with Gasteiger partial charge in [0, 0.05) is 37.9 Å². The van der Waals surface area contributed by atoms with E-state index < -0.39 is 10.0 Å². The van der Waals surface area contributed by atoms with Crippen molar-refractivity contribution in [3.63, 3.8) is 0 Å². The van der Waals surface area contributed by atoms with Gasteiger partial charge in [-0.3, -0.25) is 0 Å². The molecule has 1 aromatic heterocycles. The number of nitrogens with one attached hydrogen (secondary N) is 1. The number of nitrogens with zero attached hydrogens (tertiary/aromatic N) is 3. The van der Waals surface area contributed by atoms with E-state index in [0.717, 1.165) is 19.4 Å². The number of rotatable bonds is 4. The Labute approximate surface area is 126 Å². The van der Waals surface area contributed by atoms with Crippen LogP contribution in [0.1, 0.15) is 33.1 Å². The molecular formula is C14H24N4O2S. The van der Waals surface area contributed by atoms with Gasteiger partial charge in [-0.2, -0.15) is 4.31 Å². The number of sulfonamides is 1. The summed E-state index contributed by atoms with van der Waals surface area (Å²) in [5.41, 5.74) is 0. The van der Waals surface area contributed by atoms with Crippen LogP contribution in [0.3, 0.4) is 0 Å². The zero-order chi connectivity index (χ0) is 15.0. The molecule has 6 nitrogen and oxygen atoms in total. The van der Waals surface area contributed by atoms with Gasteiger partial charge in [-0.25, -0.2) is 13.4 Å². The summed E-state index contributed by atoms with van der Waals surface area (Å²) in [5.74, 6) is 0.466. The summed E-state index contributed by atoms with van der Waals surface area (Å²) >= 11 is 0. The lowest BCUT2D eigenvalue weighted by Gasteiger charge is -2.22. The molecule has 0 aromatic carbocycles. The van der Waals surface area contributed by atoms with Crippen LogP contribution in [0, 0.1) is 5.92 Å². The van der Waals surface area contributed by atoms with Crippen LogP contribution in [0.15, 0.2) is 17.6 Å². The van der Waals surface area contributed by atoms with E-state index in [1.54, 1.807) is 16.8 Å². The molecule has 7 heteroatoms. The van der Waals surface area contributed by atoms with E-state index in [0.29, 0.717) is 31.1 Å². The summed E-state index contributed by atoms with van der Waals surface area (Å²) in [5, 5.41) is 3.69. The highest BCUT2D eigenvalue weighted by Crippen LogP contribution is 2.24. The van der Waals surface area contributed by atoms with Crippen molar-refractivity contribution >= 4 is 10.0 Å². The number of imidazole rings is 1. The summed E-state index contributed by atoms with van der Waals surface area (Å²) in [4.78, 5) is 4.12. The Morgan fingerprint density at radius 1 is 1.33 bits per heavy atom. The zero-order valence-electron chi connectivity index (χ0n) is 12.7. The fourth-order valence-corrected chi connectivity index (χ4v) is 4.69. The predicted octanol–water partition coefficient (Wildman–Crippen LogP) is 1.05. The Bertz CT molecular complexity index is 596. The average molecular weight is 312 g/mol. The van der Waals surface area contributed by atoms with Crippen molar-refractivity contribution in [1.29, 1.82) is 0 Å². The SMILES string of the molecule is CC(C)Cn1cnc(S(=O)(=O)N2CCC3CCC(C2)N3)c1. The normalized spacial score (nSPS) is 27.2. The van der Waals surface area contributed by atoms with Crippen LogP contribution in [-0.2, 0) is 16.6 Å². The van der Waals surface area contributed by atoms with E-state index in [1.807, 2.05) is 4.57 Å². The summed E-state index contributed by atoms with van der Waals surface area (Å²) in [6.45, 7) is 6.15. The summed E-state index contributed by atoms with van der Waals surface area (Å²) in [6.07, 6.45) is 6.41. The van der Waals surface area contributed by atoms with E-state index in [-0.39, 0.29) is 5.03 Å². The average Bonchev–Trinajstić information content (AvgIpc) is 2.95. The molecule has 0 radical (unpaired) electrons. The lowest BCUT2D eigenvalue weighted by molar-refractivity contribution is 0.382. The Balaban J connectivity index is 1.78. The fourth-order valence-electron chi connectivity index (χ4n) is 3.26. The highest BCUT2D eigenvalue weighted by atomic mass is 32.2. The van der Waals surface area contributed by atoms with Gasteiger partial charge >= 0.3 is 0 Å². The topological polar surface area (TPSA) is 67.2 Å². The van der Waals surface area contributed by atoms with Gasteiger partial charge in [0.25, 0.3) is 10.0 Å². The second-order valence-electron chi connectivity index (χ2n) is 6.59. The predicted molar refractivity (Wildman–Crippen MR) is 80.4 cm³/mol. The molecule has 3 heterocycles. The van der Waals surface area contributed by atoms with Crippen LogP contribution >= 0.6 is 0 Å². The van der Waals surface area contributed by atoms with Crippen LogP contribution in [0.25, 0.3) is 0 Å². The Hall–Kier alpha value is -0.920. The van der Waals surface area contributed by atoms with Crippen LogP contribution < -0.4 is 5.32 Å². The quantitative estimate of drug-likeness (QED) is 0.902. The number of hydrogen-bond donors (Lipinski definition) is 1. The Kier molecular flexibility index (Phi) is 4.07. The molecule has 0 saturated carbocycles. The van der Waals surface area contributed by atoms with E-state index in [4.69, 9.17) is 0 Å². The summed E-state index contributed by atoms with van der Waals surface area (Å²) in [7, 11) is -3.46. The molecule has 2 aliphatic rings. The van der Waals surface area contributed by atoms with Crippen molar-refractivity contribution in [2.75, 3.05) is 13.1 Å². The number of aromatic nitrogens is 2. The highest BCUT2D eigenvalue weighted by Gasteiger charge is 2.35. The van der Waals surface area contributed by atoms with Gasteiger partial charge in [0.05, 0.1) is 6.33 Å².